The molecule has 2 aromatic carbocycles. The monoisotopic (exact) mass is 386 g/mol. The minimum Gasteiger partial charge on any atom is -0.347 e. The highest BCUT2D eigenvalue weighted by atomic mass is 19.4. The van der Waals surface area contributed by atoms with E-state index in [1.165, 1.54) is 24.5 Å². The quantitative estimate of drug-likeness (QED) is 0.679. The molecule has 3 aromatic rings. The molecule has 28 heavy (non-hydrogen) atoms. The average molecular weight is 386 g/mol. The van der Waals surface area contributed by atoms with Crippen molar-refractivity contribution in [3.63, 3.8) is 0 Å². The van der Waals surface area contributed by atoms with E-state index in [4.69, 9.17) is 0 Å². The van der Waals surface area contributed by atoms with Crippen molar-refractivity contribution < 1.29 is 18.0 Å². The summed E-state index contributed by atoms with van der Waals surface area (Å²) in [7, 11) is 0. The van der Waals surface area contributed by atoms with Crippen LogP contribution in [-0.2, 0) is 12.7 Å². The lowest BCUT2D eigenvalue weighted by Gasteiger charge is -2.10. The molecule has 8 heteroatoms. The standard InChI is InChI=1S/C20H17F3N4O/c1-13-3-2-4-14(9-13)11-24-19(28)17-10-18(26-12-25-17)27-16-7-5-15(6-8-16)20(21,22)23/h2-10,12H,11H2,1H3,(H,24,28)(H,25,26,27). The van der Waals surface area contributed by atoms with Crippen molar-refractivity contribution in [1.29, 1.82) is 0 Å². The summed E-state index contributed by atoms with van der Waals surface area (Å²) in [6.45, 7) is 2.32. The second-order valence-corrected chi connectivity index (χ2v) is 6.16. The molecule has 0 aliphatic carbocycles. The molecule has 0 aliphatic heterocycles. The first kappa shape index (κ1) is 19.3. The SMILES string of the molecule is Cc1cccc(CNC(=O)c2cc(Nc3ccc(C(F)(F)F)cc3)ncn2)c1. The molecular formula is C20H17F3N4O. The molecule has 0 unspecified atom stereocenters. The van der Waals surface area contributed by atoms with Gasteiger partial charge in [0.15, 0.2) is 0 Å². The highest BCUT2D eigenvalue weighted by molar-refractivity contribution is 5.92. The van der Waals surface area contributed by atoms with Gasteiger partial charge in [0.2, 0.25) is 0 Å². The predicted octanol–water partition coefficient (Wildman–Crippen LogP) is 4.48. The number of nitrogens with one attached hydrogen (secondary N) is 2. The van der Waals surface area contributed by atoms with Crippen LogP contribution in [0.4, 0.5) is 24.7 Å². The van der Waals surface area contributed by atoms with Crippen LogP contribution >= 0.6 is 0 Å². The Kier molecular flexibility index (Phi) is 5.58. The number of hydrogen-bond donors (Lipinski definition) is 2. The van der Waals surface area contributed by atoms with Gasteiger partial charge in [0.05, 0.1) is 5.56 Å². The molecular weight excluding hydrogens is 369 g/mol. The van der Waals surface area contributed by atoms with E-state index >= 15 is 0 Å². The van der Waals surface area contributed by atoms with E-state index in [2.05, 4.69) is 20.6 Å². The van der Waals surface area contributed by atoms with Crippen LogP contribution in [-0.4, -0.2) is 15.9 Å². The van der Waals surface area contributed by atoms with Gasteiger partial charge in [-0.15, -0.1) is 0 Å². The first-order valence-corrected chi connectivity index (χ1v) is 8.41. The lowest BCUT2D eigenvalue weighted by atomic mass is 10.1. The normalized spacial score (nSPS) is 11.1. The van der Waals surface area contributed by atoms with Gasteiger partial charge in [-0.25, -0.2) is 9.97 Å². The maximum Gasteiger partial charge on any atom is 0.416 e. The number of hydrogen-bond acceptors (Lipinski definition) is 4. The first-order chi connectivity index (χ1) is 13.3. The lowest BCUT2D eigenvalue weighted by molar-refractivity contribution is -0.137. The Labute approximate surface area is 159 Å². The number of aryl methyl sites for hydroxylation is 1. The zero-order valence-electron chi connectivity index (χ0n) is 14.9. The molecule has 1 amide bonds. The fourth-order valence-corrected chi connectivity index (χ4v) is 2.54. The van der Waals surface area contributed by atoms with Gasteiger partial charge in [-0.1, -0.05) is 29.8 Å². The summed E-state index contributed by atoms with van der Waals surface area (Å²) >= 11 is 0. The van der Waals surface area contributed by atoms with Crippen LogP contribution < -0.4 is 10.6 Å². The second kappa shape index (κ2) is 8.08. The number of carbonyl (C=O) groups is 1. The third kappa shape index (κ3) is 5.06. The Hall–Kier alpha value is -3.42. The van der Waals surface area contributed by atoms with E-state index in [1.807, 2.05) is 31.2 Å². The van der Waals surface area contributed by atoms with Crippen molar-refractivity contribution in [2.24, 2.45) is 0 Å². The number of aromatic nitrogens is 2. The minimum absolute atomic E-state index is 0.150. The molecule has 0 bridgehead atoms. The van der Waals surface area contributed by atoms with Gasteiger partial charge >= 0.3 is 6.18 Å². The van der Waals surface area contributed by atoms with Crippen molar-refractivity contribution >= 4 is 17.4 Å². The maximum absolute atomic E-state index is 12.6. The molecule has 0 atom stereocenters. The van der Waals surface area contributed by atoms with Crippen molar-refractivity contribution in [3.8, 4) is 0 Å². The number of halogens is 3. The molecule has 144 valence electrons. The highest BCUT2D eigenvalue weighted by Crippen LogP contribution is 2.30. The minimum atomic E-state index is -4.39. The zero-order chi connectivity index (χ0) is 20.1. The summed E-state index contributed by atoms with van der Waals surface area (Å²) in [5.74, 6) is -0.0742. The van der Waals surface area contributed by atoms with E-state index in [9.17, 15) is 18.0 Å². The van der Waals surface area contributed by atoms with Gasteiger partial charge in [-0.2, -0.15) is 13.2 Å². The van der Waals surface area contributed by atoms with E-state index in [1.54, 1.807) is 0 Å². The van der Waals surface area contributed by atoms with Gasteiger partial charge in [0, 0.05) is 18.3 Å². The van der Waals surface area contributed by atoms with Gasteiger partial charge < -0.3 is 10.6 Å². The van der Waals surface area contributed by atoms with Gasteiger partial charge in [0.1, 0.15) is 17.8 Å². The largest absolute Gasteiger partial charge is 0.416 e. The fraction of sp³-hybridized carbons (Fsp3) is 0.150. The molecule has 0 radical (unpaired) electrons. The summed E-state index contributed by atoms with van der Waals surface area (Å²) in [5.41, 5.74) is 1.88. The Morgan fingerprint density at radius 2 is 1.79 bits per heavy atom. The molecule has 1 heterocycles. The molecule has 0 fully saturated rings. The Morgan fingerprint density at radius 1 is 1.04 bits per heavy atom. The molecule has 3 rings (SSSR count). The summed E-state index contributed by atoms with van der Waals surface area (Å²) in [4.78, 5) is 20.2. The molecule has 1 aromatic heterocycles. The highest BCUT2D eigenvalue weighted by Gasteiger charge is 2.29. The predicted molar refractivity (Wildman–Crippen MR) is 99.1 cm³/mol. The van der Waals surface area contributed by atoms with Gasteiger partial charge in [-0.3, -0.25) is 4.79 Å². The summed E-state index contributed by atoms with van der Waals surface area (Å²) < 4.78 is 37.9. The second-order valence-electron chi connectivity index (χ2n) is 6.16. The van der Waals surface area contributed by atoms with Crippen LogP contribution in [0.1, 0.15) is 27.2 Å². The van der Waals surface area contributed by atoms with Gasteiger partial charge in [0.25, 0.3) is 5.91 Å². The van der Waals surface area contributed by atoms with Crippen LogP contribution in [0.25, 0.3) is 0 Å². The van der Waals surface area contributed by atoms with E-state index in [-0.39, 0.29) is 11.6 Å². The zero-order valence-corrected chi connectivity index (χ0v) is 14.9. The van der Waals surface area contributed by atoms with Crippen molar-refractivity contribution in [3.05, 3.63) is 83.3 Å². The van der Waals surface area contributed by atoms with Crippen molar-refractivity contribution in [1.82, 2.24) is 15.3 Å². The van der Waals surface area contributed by atoms with E-state index < -0.39 is 11.7 Å². The third-order valence-electron chi connectivity index (χ3n) is 3.92. The molecule has 0 aliphatic rings. The molecule has 0 spiro atoms. The number of nitrogens with zero attached hydrogens (tertiary/aromatic N) is 2. The van der Waals surface area contributed by atoms with E-state index in [0.29, 0.717) is 18.1 Å². The Morgan fingerprint density at radius 3 is 2.46 bits per heavy atom. The van der Waals surface area contributed by atoms with Crippen LogP contribution in [0.15, 0.2) is 60.9 Å². The van der Waals surface area contributed by atoms with Crippen LogP contribution in [0, 0.1) is 6.92 Å². The van der Waals surface area contributed by atoms with Crippen LogP contribution in [0.5, 0.6) is 0 Å². The number of alkyl halides is 3. The van der Waals surface area contributed by atoms with E-state index in [0.717, 1.165) is 23.3 Å². The number of amides is 1. The molecule has 5 nitrogen and oxygen atoms in total. The number of benzene rings is 2. The fourth-order valence-electron chi connectivity index (χ4n) is 2.54. The third-order valence-corrected chi connectivity index (χ3v) is 3.92. The topological polar surface area (TPSA) is 66.9 Å². The number of rotatable bonds is 5. The number of carbonyl (C=O) groups excluding carboxylic acids is 1. The average Bonchev–Trinajstić information content (AvgIpc) is 2.66. The maximum atomic E-state index is 12.6. The van der Waals surface area contributed by atoms with Crippen molar-refractivity contribution in [2.75, 3.05) is 5.32 Å². The van der Waals surface area contributed by atoms with Gasteiger partial charge in [-0.05, 0) is 36.8 Å². The molecule has 2 N–H and O–H groups in total. The van der Waals surface area contributed by atoms with Crippen LogP contribution in [0.3, 0.4) is 0 Å². The number of anilines is 2. The molecule has 0 saturated heterocycles. The van der Waals surface area contributed by atoms with Crippen molar-refractivity contribution in [2.45, 2.75) is 19.6 Å². The summed E-state index contributed by atoms with van der Waals surface area (Å²) in [5, 5.41) is 5.64. The Bertz CT molecular complexity index is 972. The summed E-state index contributed by atoms with van der Waals surface area (Å²) in [6, 6.07) is 13.7. The van der Waals surface area contributed by atoms with Crippen LogP contribution in [0.2, 0.25) is 0 Å². The Balaban J connectivity index is 1.65. The lowest BCUT2D eigenvalue weighted by Crippen LogP contribution is -2.24. The first-order valence-electron chi connectivity index (χ1n) is 8.41. The molecule has 0 saturated carbocycles. The summed E-state index contributed by atoms with van der Waals surface area (Å²) in [6.07, 6.45) is -3.18. The smallest absolute Gasteiger partial charge is 0.347 e.